The Morgan fingerprint density at radius 3 is 2.57 bits per heavy atom. The van der Waals surface area contributed by atoms with E-state index in [0.717, 1.165) is 5.56 Å². The number of nitrogens with zero attached hydrogens (tertiary/aromatic N) is 1. The minimum Gasteiger partial charge on any atom is -0.497 e. The predicted octanol–water partition coefficient (Wildman–Crippen LogP) is 3.80. The number of rotatable bonds is 5. The molecule has 0 spiro atoms. The average molecular weight is 283 g/mol. The summed E-state index contributed by atoms with van der Waals surface area (Å²) in [5.74, 6) is 1.63. The lowest BCUT2D eigenvalue weighted by Gasteiger charge is -2.15. The van der Waals surface area contributed by atoms with Crippen molar-refractivity contribution >= 4 is 0 Å². The molecule has 1 unspecified atom stereocenters. The highest BCUT2D eigenvalue weighted by Crippen LogP contribution is 2.32. The Hall–Kier alpha value is -2.51. The Labute approximate surface area is 124 Å². The Kier molecular flexibility index (Phi) is 4.81. The first-order chi connectivity index (χ1) is 10.2. The molecular formula is C17H17NO3. The molecule has 1 atom stereocenters. The molecule has 2 rings (SSSR count). The lowest BCUT2D eigenvalue weighted by atomic mass is 10.1. The predicted molar refractivity (Wildman–Crippen MR) is 79.5 cm³/mol. The molecule has 108 valence electrons. The van der Waals surface area contributed by atoms with Crippen LogP contribution in [0.5, 0.6) is 17.2 Å². The van der Waals surface area contributed by atoms with Crippen LogP contribution in [-0.2, 0) is 0 Å². The van der Waals surface area contributed by atoms with Crippen LogP contribution in [0.15, 0.2) is 42.5 Å². The van der Waals surface area contributed by atoms with E-state index in [1.54, 1.807) is 24.3 Å². The lowest BCUT2D eigenvalue weighted by Crippen LogP contribution is -1.99. The number of hydrogen-bond donors (Lipinski definition) is 1. The van der Waals surface area contributed by atoms with E-state index in [4.69, 9.17) is 14.7 Å². The van der Waals surface area contributed by atoms with Gasteiger partial charge in [-0.1, -0.05) is 25.1 Å². The summed E-state index contributed by atoms with van der Waals surface area (Å²) in [6.07, 6.45) is 0.0179. The number of para-hydroxylation sites is 1. The van der Waals surface area contributed by atoms with E-state index in [9.17, 15) is 5.11 Å². The third-order valence-corrected chi connectivity index (χ3v) is 3.14. The number of benzene rings is 2. The number of aliphatic hydroxyl groups is 1. The molecule has 4 heteroatoms. The van der Waals surface area contributed by atoms with Gasteiger partial charge in [0.1, 0.15) is 17.2 Å². The molecule has 2 aromatic rings. The topological polar surface area (TPSA) is 62.5 Å². The molecule has 0 amide bonds. The van der Waals surface area contributed by atoms with Gasteiger partial charge in [-0.05, 0) is 24.6 Å². The SMILES string of the molecule is CCC(O)c1ccccc1Oc1cc(C#N)cc(OC)c1. The van der Waals surface area contributed by atoms with Crippen LogP contribution in [0.4, 0.5) is 0 Å². The van der Waals surface area contributed by atoms with Gasteiger partial charge in [-0.3, -0.25) is 0 Å². The number of methoxy groups -OCH3 is 1. The van der Waals surface area contributed by atoms with Crippen LogP contribution in [0.25, 0.3) is 0 Å². The summed E-state index contributed by atoms with van der Waals surface area (Å²) in [6, 6.07) is 14.4. The Morgan fingerprint density at radius 1 is 1.19 bits per heavy atom. The van der Waals surface area contributed by atoms with Crippen LogP contribution in [0, 0.1) is 11.3 Å². The molecule has 0 saturated heterocycles. The maximum absolute atomic E-state index is 10.0. The fraction of sp³-hybridized carbons (Fsp3) is 0.235. The van der Waals surface area contributed by atoms with Crippen LogP contribution in [0.1, 0.15) is 30.6 Å². The van der Waals surface area contributed by atoms with Gasteiger partial charge >= 0.3 is 0 Å². The van der Waals surface area contributed by atoms with E-state index in [-0.39, 0.29) is 0 Å². The minimum absolute atomic E-state index is 0.456. The number of nitriles is 1. The molecule has 2 aromatic carbocycles. The summed E-state index contributed by atoms with van der Waals surface area (Å²) in [6.45, 7) is 1.90. The van der Waals surface area contributed by atoms with Crippen molar-refractivity contribution in [3.63, 3.8) is 0 Å². The third kappa shape index (κ3) is 3.53. The maximum Gasteiger partial charge on any atom is 0.133 e. The summed E-state index contributed by atoms with van der Waals surface area (Å²) in [7, 11) is 1.54. The highest BCUT2D eigenvalue weighted by Gasteiger charge is 2.12. The summed E-state index contributed by atoms with van der Waals surface area (Å²) < 4.78 is 11.0. The Bertz CT molecular complexity index is 661. The Morgan fingerprint density at radius 2 is 1.90 bits per heavy atom. The highest BCUT2D eigenvalue weighted by molar-refractivity contribution is 5.46. The number of hydrogen-bond acceptors (Lipinski definition) is 4. The molecule has 0 saturated carbocycles. The lowest BCUT2D eigenvalue weighted by molar-refractivity contribution is 0.170. The minimum atomic E-state index is -0.581. The van der Waals surface area contributed by atoms with Crippen LogP contribution in [0.2, 0.25) is 0 Å². The molecule has 0 bridgehead atoms. The molecule has 0 radical (unpaired) electrons. The molecule has 21 heavy (non-hydrogen) atoms. The van der Waals surface area contributed by atoms with Crippen molar-refractivity contribution in [1.29, 1.82) is 5.26 Å². The van der Waals surface area contributed by atoms with Crippen LogP contribution in [0.3, 0.4) is 0 Å². The second-order valence-corrected chi connectivity index (χ2v) is 4.57. The zero-order chi connectivity index (χ0) is 15.2. The average Bonchev–Trinajstić information content (AvgIpc) is 2.54. The van der Waals surface area contributed by atoms with Gasteiger partial charge in [0.25, 0.3) is 0 Å². The van der Waals surface area contributed by atoms with Crippen LogP contribution in [-0.4, -0.2) is 12.2 Å². The third-order valence-electron chi connectivity index (χ3n) is 3.14. The van der Waals surface area contributed by atoms with Gasteiger partial charge < -0.3 is 14.6 Å². The second kappa shape index (κ2) is 6.78. The van der Waals surface area contributed by atoms with Gasteiger partial charge in [-0.25, -0.2) is 0 Å². The van der Waals surface area contributed by atoms with Crippen molar-refractivity contribution in [2.24, 2.45) is 0 Å². The highest BCUT2D eigenvalue weighted by atomic mass is 16.5. The molecule has 4 nitrogen and oxygen atoms in total. The monoisotopic (exact) mass is 283 g/mol. The normalized spacial score (nSPS) is 11.5. The molecular weight excluding hydrogens is 266 g/mol. The van der Waals surface area contributed by atoms with Crippen molar-refractivity contribution in [1.82, 2.24) is 0 Å². The van der Waals surface area contributed by atoms with Crippen molar-refractivity contribution < 1.29 is 14.6 Å². The molecule has 0 aliphatic rings. The summed E-state index contributed by atoms with van der Waals surface area (Å²) in [5.41, 5.74) is 1.18. The maximum atomic E-state index is 10.0. The zero-order valence-corrected chi connectivity index (χ0v) is 12.0. The first-order valence-corrected chi connectivity index (χ1v) is 6.72. The van der Waals surface area contributed by atoms with Crippen LogP contribution < -0.4 is 9.47 Å². The van der Waals surface area contributed by atoms with E-state index >= 15 is 0 Å². The molecule has 0 fully saturated rings. The summed E-state index contributed by atoms with van der Waals surface area (Å²) in [4.78, 5) is 0. The van der Waals surface area contributed by atoms with E-state index < -0.39 is 6.10 Å². The second-order valence-electron chi connectivity index (χ2n) is 4.57. The van der Waals surface area contributed by atoms with E-state index in [1.807, 2.05) is 25.1 Å². The molecule has 0 aliphatic heterocycles. The molecule has 0 aromatic heterocycles. The van der Waals surface area contributed by atoms with Gasteiger partial charge in [0.2, 0.25) is 0 Å². The molecule has 0 heterocycles. The molecule has 1 N–H and O–H groups in total. The fourth-order valence-corrected chi connectivity index (χ4v) is 2.01. The van der Waals surface area contributed by atoms with E-state index in [0.29, 0.717) is 29.2 Å². The fourth-order valence-electron chi connectivity index (χ4n) is 2.01. The largest absolute Gasteiger partial charge is 0.497 e. The first-order valence-electron chi connectivity index (χ1n) is 6.72. The number of aliphatic hydroxyl groups excluding tert-OH is 1. The van der Waals surface area contributed by atoms with Gasteiger partial charge in [-0.15, -0.1) is 0 Å². The van der Waals surface area contributed by atoms with Gasteiger partial charge in [0.05, 0.1) is 24.8 Å². The van der Waals surface area contributed by atoms with Crippen molar-refractivity contribution in [3.8, 4) is 23.3 Å². The van der Waals surface area contributed by atoms with Gasteiger partial charge in [0, 0.05) is 11.6 Å². The summed E-state index contributed by atoms with van der Waals surface area (Å²) in [5, 5.41) is 19.1. The van der Waals surface area contributed by atoms with Crippen LogP contribution >= 0.6 is 0 Å². The Balaban J connectivity index is 2.37. The van der Waals surface area contributed by atoms with Crippen molar-refractivity contribution in [2.45, 2.75) is 19.4 Å². The van der Waals surface area contributed by atoms with Crippen molar-refractivity contribution in [2.75, 3.05) is 7.11 Å². The number of ether oxygens (including phenoxy) is 2. The van der Waals surface area contributed by atoms with E-state index in [1.165, 1.54) is 7.11 Å². The quantitative estimate of drug-likeness (QED) is 0.906. The van der Waals surface area contributed by atoms with E-state index in [2.05, 4.69) is 6.07 Å². The smallest absolute Gasteiger partial charge is 0.133 e. The zero-order valence-electron chi connectivity index (χ0n) is 12.0. The van der Waals surface area contributed by atoms with Gasteiger partial charge in [-0.2, -0.15) is 5.26 Å². The molecule has 0 aliphatic carbocycles. The summed E-state index contributed by atoms with van der Waals surface area (Å²) >= 11 is 0. The van der Waals surface area contributed by atoms with Crippen molar-refractivity contribution in [3.05, 3.63) is 53.6 Å². The van der Waals surface area contributed by atoms with Gasteiger partial charge in [0.15, 0.2) is 0 Å². The first kappa shape index (κ1) is 14.9. The standard InChI is InChI=1S/C17H17NO3/c1-3-16(19)15-6-4-5-7-17(15)21-14-9-12(11-18)8-13(10-14)20-2/h4-10,16,19H,3H2,1-2H3.